The van der Waals surface area contributed by atoms with Gasteiger partial charge >= 0.3 is 5.97 Å². The lowest BCUT2D eigenvalue weighted by atomic mass is 9.37. The van der Waals surface area contributed by atoms with Crippen LogP contribution in [0.3, 0.4) is 0 Å². The van der Waals surface area contributed by atoms with Crippen LogP contribution in [-0.4, -0.2) is 69.9 Å². The van der Waals surface area contributed by atoms with E-state index in [0.29, 0.717) is 41.2 Å². The predicted octanol–water partition coefficient (Wildman–Crippen LogP) is 9.58. The number of benzene rings is 1. The van der Waals surface area contributed by atoms with Gasteiger partial charge in [-0.2, -0.15) is 5.26 Å². The Labute approximate surface area is 368 Å². The maximum Gasteiger partial charge on any atom is 0.316 e. The monoisotopic (exact) mass is 847 g/mol. The third-order valence-electron chi connectivity index (χ3n) is 18.2. The highest BCUT2D eigenvalue weighted by molar-refractivity contribution is 7.85. The molecule has 2 aromatic rings. The van der Waals surface area contributed by atoms with Crippen molar-refractivity contribution in [1.82, 2.24) is 15.2 Å². The molecule has 2 heterocycles. The first kappa shape index (κ1) is 43.0. The van der Waals surface area contributed by atoms with E-state index >= 15 is 0 Å². The molecule has 8 nitrogen and oxygen atoms in total. The highest BCUT2D eigenvalue weighted by atomic mass is 32.2. The van der Waals surface area contributed by atoms with Crippen molar-refractivity contribution in [1.29, 1.82) is 5.26 Å². The lowest BCUT2D eigenvalue weighted by molar-refractivity contribution is -0.175. The Morgan fingerprint density at radius 1 is 0.902 bits per heavy atom. The van der Waals surface area contributed by atoms with Crippen LogP contribution in [0.4, 0.5) is 0 Å². The first-order valence-corrected chi connectivity index (χ1v) is 25.3. The van der Waals surface area contributed by atoms with Crippen LogP contribution < -0.4 is 10.1 Å². The van der Waals surface area contributed by atoms with Crippen LogP contribution >= 0.6 is 0 Å². The van der Waals surface area contributed by atoms with Crippen LogP contribution in [0.5, 0.6) is 5.88 Å². The number of pyridine rings is 1. The summed E-state index contributed by atoms with van der Waals surface area (Å²) < 4.78 is 24.2. The van der Waals surface area contributed by atoms with Crippen molar-refractivity contribution >= 4 is 16.8 Å². The number of nitriles is 1. The first-order valence-electron chi connectivity index (χ1n) is 23.8. The van der Waals surface area contributed by atoms with E-state index in [1.165, 1.54) is 75.1 Å². The van der Waals surface area contributed by atoms with Gasteiger partial charge in [0.25, 0.3) is 0 Å². The van der Waals surface area contributed by atoms with Crippen LogP contribution in [0.2, 0.25) is 0 Å². The number of aromatic nitrogens is 1. The van der Waals surface area contributed by atoms with Gasteiger partial charge in [-0.15, -0.1) is 0 Å². The normalized spacial score (nSPS) is 37.1. The van der Waals surface area contributed by atoms with E-state index in [2.05, 4.69) is 61.1 Å². The van der Waals surface area contributed by atoms with Crippen LogP contribution in [0.15, 0.2) is 72.0 Å². The molecule has 5 fully saturated rings. The number of hydrogen-bond acceptors (Lipinski definition) is 8. The minimum atomic E-state index is -0.824. The summed E-state index contributed by atoms with van der Waals surface area (Å²) in [7, 11) is -0.612. The zero-order valence-corrected chi connectivity index (χ0v) is 38.2. The molecule has 9 heteroatoms. The largest absolute Gasteiger partial charge is 0.476 e. The number of esters is 1. The number of carbonyl (C=O) groups is 1. The molecular weight excluding hydrogens is 777 g/mol. The summed E-state index contributed by atoms with van der Waals surface area (Å²) in [5.74, 6) is 5.70. The van der Waals surface area contributed by atoms with Crippen molar-refractivity contribution in [3.63, 3.8) is 0 Å². The van der Waals surface area contributed by atoms with Gasteiger partial charge in [-0.3, -0.25) is 9.00 Å². The molecule has 1 aliphatic heterocycles. The maximum atomic E-state index is 14.1. The van der Waals surface area contributed by atoms with Crippen LogP contribution in [0.1, 0.15) is 122 Å². The number of carbonyl (C=O) groups excluding carboxylic acids is 1. The number of allylic oxidation sites excluding steroid dienone is 4. The van der Waals surface area contributed by atoms with Gasteiger partial charge in [0.15, 0.2) is 0 Å². The zero-order chi connectivity index (χ0) is 42.5. The molecule has 0 amide bonds. The summed E-state index contributed by atoms with van der Waals surface area (Å²) in [6, 6.07) is 15.4. The fourth-order valence-corrected chi connectivity index (χ4v) is 16.3. The highest BCUT2D eigenvalue weighted by Gasteiger charge is 2.65. The topological polar surface area (TPSA) is 105 Å². The Kier molecular flexibility index (Phi) is 12.0. The zero-order valence-electron chi connectivity index (χ0n) is 37.4. The Hall–Kier alpha value is -3.32. The van der Waals surface area contributed by atoms with Crippen molar-refractivity contribution in [2.24, 2.45) is 51.2 Å². The van der Waals surface area contributed by atoms with Crippen molar-refractivity contribution in [3.8, 4) is 11.9 Å². The number of nitrogens with one attached hydrogen (secondary N) is 1. The molecule has 6 aliphatic carbocycles. The van der Waals surface area contributed by atoms with Crippen LogP contribution in [-0.2, 0) is 26.9 Å². The quantitative estimate of drug-likeness (QED) is 0.223. The van der Waals surface area contributed by atoms with Gasteiger partial charge in [0.2, 0.25) is 5.88 Å². The third-order valence-corrected chi connectivity index (χ3v) is 19.5. The molecule has 1 aromatic carbocycles. The Morgan fingerprint density at radius 3 is 2.46 bits per heavy atom. The summed E-state index contributed by atoms with van der Waals surface area (Å²) in [6.45, 7) is 15.1. The summed E-state index contributed by atoms with van der Waals surface area (Å²) >= 11 is 0. The fraction of sp³-hybridized carbons (Fsp3) is 0.673. The molecule has 7 aliphatic rings. The second-order valence-corrected chi connectivity index (χ2v) is 23.1. The SMILES string of the molecule is CC1(C)C(C2=CCC(COc3ccc(C#N)cn3)(C(=O)OCc3ccccc3)CC2)=CCC2(C)C1CCC1(C)C3CCC4(NCCN5CCS(=O)CC5)CCCC4C3CCC12. The third kappa shape index (κ3) is 7.88. The summed E-state index contributed by atoms with van der Waals surface area (Å²) in [5, 5.41) is 13.5. The summed E-state index contributed by atoms with van der Waals surface area (Å²) in [4.78, 5) is 21.0. The molecule has 9 atom stereocenters. The lowest BCUT2D eigenvalue weighted by Crippen LogP contribution is -2.64. The second kappa shape index (κ2) is 17.0. The average Bonchev–Trinajstić information content (AvgIpc) is 3.71. The highest BCUT2D eigenvalue weighted by Crippen LogP contribution is 2.72. The smallest absolute Gasteiger partial charge is 0.316 e. The number of rotatable bonds is 11. The molecule has 61 heavy (non-hydrogen) atoms. The van der Waals surface area contributed by atoms with Crippen molar-refractivity contribution in [2.75, 3.05) is 44.3 Å². The van der Waals surface area contributed by atoms with E-state index in [1.54, 1.807) is 12.1 Å². The number of nitrogens with zero attached hydrogens (tertiary/aromatic N) is 3. The molecule has 0 spiro atoms. The average molecular weight is 847 g/mol. The Balaban J connectivity index is 0.899. The minimum absolute atomic E-state index is 0.0359. The summed E-state index contributed by atoms with van der Waals surface area (Å²) in [6.07, 6.45) is 21.9. The van der Waals surface area contributed by atoms with Crippen LogP contribution in [0, 0.1) is 62.6 Å². The van der Waals surface area contributed by atoms with E-state index in [-0.39, 0.29) is 30.0 Å². The van der Waals surface area contributed by atoms with E-state index in [9.17, 15) is 14.3 Å². The maximum absolute atomic E-state index is 14.1. The van der Waals surface area contributed by atoms with Gasteiger partial charge in [-0.25, -0.2) is 4.98 Å². The molecule has 0 bridgehead atoms. The van der Waals surface area contributed by atoms with Crippen molar-refractivity contribution < 1.29 is 18.5 Å². The fourth-order valence-electron chi connectivity index (χ4n) is 15.2. The molecule has 1 saturated heterocycles. The van der Waals surface area contributed by atoms with Gasteiger partial charge < -0.3 is 19.7 Å². The Bertz CT molecular complexity index is 2050. The standard InChI is InChI=1S/C52H70N4O4S/c1-48(2)41(39-16-24-51(25-17-39,36-60-46-15-12-38(33-53)34-54-46)47(57)59-35-37-9-6-5-7-10-37)18-22-50(4)44(48)20-23-49(3)42-19-26-52(55-27-28-56-29-31-61(58)32-30-56)21-8-11-43(52)40(42)13-14-45(49)50/h5-7,9-10,12,15-16,18,34,40,42-45,55H,8,11,13-14,17,19-32,35-36H2,1-4H3. The van der Waals surface area contributed by atoms with Crippen molar-refractivity contribution in [3.05, 3.63) is 83.1 Å². The number of ether oxygens (including phenoxy) is 2. The molecule has 9 unspecified atom stereocenters. The molecule has 9 rings (SSSR count). The van der Waals surface area contributed by atoms with Gasteiger partial charge in [0.05, 0.1) is 5.56 Å². The lowest BCUT2D eigenvalue weighted by Gasteiger charge is -2.68. The second-order valence-electron chi connectivity index (χ2n) is 21.4. The predicted molar refractivity (Wildman–Crippen MR) is 242 cm³/mol. The van der Waals surface area contributed by atoms with E-state index in [0.717, 1.165) is 79.8 Å². The number of fused-ring (bicyclic) bond motifs is 7. The molecule has 328 valence electrons. The summed E-state index contributed by atoms with van der Waals surface area (Å²) in [5.41, 5.74) is 4.55. The van der Waals surface area contributed by atoms with Gasteiger partial charge in [0.1, 0.15) is 24.7 Å². The molecule has 0 radical (unpaired) electrons. The number of hydrogen-bond donors (Lipinski definition) is 1. The van der Waals surface area contributed by atoms with Gasteiger partial charge in [0, 0.05) is 66.3 Å². The van der Waals surface area contributed by atoms with Gasteiger partial charge in [-0.1, -0.05) is 76.6 Å². The Morgan fingerprint density at radius 2 is 1.72 bits per heavy atom. The van der Waals surface area contributed by atoms with Gasteiger partial charge in [-0.05, 0) is 146 Å². The molecular formula is C52H70N4O4S. The minimum Gasteiger partial charge on any atom is -0.476 e. The van der Waals surface area contributed by atoms with Crippen LogP contribution in [0.25, 0.3) is 0 Å². The first-order chi connectivity index (χ1) is 29.4. The molecule has 4 saturated carbocycles. The van der Waals surface area contributed by atoms with Crippen molar-refractivity contribution in [2.45, 2.75) is 123 Å². The van der Waals surface area contributed by atoms with E-state index in [4.69, 9.17) is 9.47 Å². The van der Waals surface area contributed by atoms with E-state index in [1.807, 2.05) is 30.3 Å². The molecule has 1 N–H and O–H groups in total. The molecule has 1 aromatic heterocycles. The van der Waals surface area contributed by atoms with E-state index < -0.39 is 16.2 Å².